The van der Waals surface area contributed by atoms with Crippen LogP contribution in [0.2, 0.25) is 0 Å². The zero-order chi connectivity index (χ0) is 21.5. The average molecular weight is 438 g/mol. The number of carbonyl (C=O) groups is 1. The molecule has 29 heavy (non-hydrogen) atoms. The molecule has 154 valence electrons. The van der Waals surface area contributed by atoms with Crippen molar-refractivity contribution in [2.75, 3.05) is 0 Å². The Morgan fingerprint density at radius 1 is 0.793 bits per heavy atom. The van der Waals surface area contributed by atoms with Crippen molar-refractivity contribution in [3.63, 3.8) is 0 Å². The first-order chi connectivity index (χ1) is 13.7. The van der Waals surface area contributed by atoms with Gasteiger partial charge in [0.2, 0.25) is 0 Å². The van der Waals surface area contributed by atoms with Crippen LogP contribution in [-0.4, -0.2) is 34.0 Å². The summed E-state index contributed by atoms with van der Waals surface area (Å²) in [7, 11) is -8.49. The van der Waals surface area contributed by atoms with E-state index in [2.05, 4.69) is 18.9 Å². The van der Waals surface area contributed by atoms with Crippen molar-refractivity contribution >= 4 is 37.4 Å². The maximum atomic E-state index is 12.2. The fourth-order valence-electron chi connectivity index (χ4n) is 1.98. The molecule has 0 aromatic heterocycles. The van der Waals surface area contributed by atoms with Crippen LogP contribution >= 0.6 is 0 Å². The molecular weight excluding hydrogens is 420 g/mol. The topological polar surface area (TPSA) is 129 Å². The van der Waals surface area contributed by atoms with E-state index in [0.717, 1.165) is 0 Å². The molecule has 2 aromatic carbocycles. The zero-order valence-corrected chi connectivity index (χ0v) is 17.2. The van der Waals surface area contributed by atoms with E-state index in [1.807, 2.05) is 0 Å². The minimum Gasteiger partial charge on any atom is -0.292 e. The lowest BCUT2D eigenvalue weighted by molar-refractivity contribution is -0.112. The van der Waals surface area contributed by atoms with Crippen molar-refractivity contribution in [1.82, 2.24) is 0 Å². The van der Waals surface area contributed by atoms with Gasteiger partial charge < -0.3 is 0 Å². The minimum atomic E-state index is -4.27. The number of benzene rings is 2. The number of hydrogen-bond donors (Lipinski definition) is 0. The molecule has 0 amide bonds. The van der Waals surface area contributed by atoms with Gasteiger partial charge in [-0.3, -0.25) is 13.4 Å². The van der Waals surface area contributed by atoms with E-state index in [1.54, 1.807) is 12.1 Å². The third-order valence-corrected chi connectivity index (χ3v) is 5.73. The average Bonchev–Trinajstić information content (AvgIpc) is 2.73. The van der Waals surface area contributed by atoms with Gasteiger partial charge in [0.05, 0.1) is 0 Å². The van der Waals surface area contributed by atoms with Gasteiger partial charge in [-0.25, -0.2) is 0 Å². The number of Topliss-reactive ketones (excluding diaryl/α,β-unsaturated/α-hetero) is 1. The van der Waals surface area contributed by atoms with Gasteiger partial charge in [-0.15, -0.1) is 0 Å². The van der Waals surface area contributed by atoms with Crippen molar-refractivity contribution in [1.29, 1.82) is 0 Å². The first-order valence-electron chi connectivity index (χ1n) is 8.31. The summed E-state index contributed by atoms with van der Waals surface area (Å²) in [4.78, 5) is 11.8. The Bertz CT molecular complexity index is 1130. The molecule has 0 aliphatic carbocycles. The summed E-state index contributed by atoms with van der Waals surface area (Å²) in [5, 5.41) is 6.81. The van der Waals surface area contributed by atoms with Gasteiger partial charge in [-0.05, 0) is 31.2 Å². The lowest BCUT2D eigenvalue weighted by Gasteiger charge is -2.06. The lowest BCUT2D eigenvalue weighted by atomic mass is 10.1. The van der Waals surface area contributed by atoms with Gasteiger partial charge in [0, 0.05) is 6.42 Å². The Kier molecular flexibility index (Phi) is 7.23. The molecule has 0 atom stereocenters. The van der Waals surface area contributed by atoms with Crippen LogP contribution in [0.25, 0.3) is 0 Å². The normalized spacial score (nSPS) is 13.0. The van der Waals surface area contributed by atoms with E-state index in [9.17, 15) is 21.6 Å². The van der Waals surface area contributed by atoms with Crippen LogP contribution in [0.5, 0.6) is 0 Å². The summed E-state index contributed by atoms with van der Waals surface area (Å²) in [6.45, 7) is 2.75. The molecule has 0 fully saturated rings. The van der Waals surface area contributed by atoms with Crippen molar-refractivity contribution in [2.24, 2.45) is 10.3 Å². The van der Waals surface area contributed by atoms with E-state index in [0.29, 0.717) is 0 Å². The minimum absolute atomic E-state index is 0.0497. The number of nitrogens with zero attached hydrogens (tertiary/aromatic N) is 2. The summed E-state index contributed by atoms with van der Waals surface area (Å²) in [5.74, 6) is -0.616. The van der Waals surface area contributed by atoms with E-state index in [4.69, 9.17) is 0 Å². The highest BCUT2D eigenvalue weighted by molar-refractivity contribution is 7.87. The highest BCUT2D eigenvalue weighted by atomic mass is 32.2. The zero-order valence-electron chi connectivity index (χ0n) is 15.5. The fraction of sp³-hybridized carbons (Fsp3) is 0.167. The summed E-state index contributed by atoms with van der Waals surface area (Å²) in [5.41, 5.74) is -0.741. The largest absolute Gasteiger partial charge is 0.358 e. The van der Waals surface area contributed by atoms with Gasteiger partial charge >= 0.3 is 20.2 Å². The first-order valence-corrected chi connectivity index (χ1v) is 11.1. The Morgan fingerprint density at radius 2 is 1.21 bits per heavy atom. The smallest absolute Gasteiger partial charge is 0.292 e. The van der Waals surface area contributed by atoms with Crippen molar-refractivity contribution in [3.8, 4) is 0 Å². The van der Waals surface area contributed by atoms with E-state index >= 15 is 0 Å². The molecule has 9 nitrogen and oxygen atoms in total. The molecule has 0 N–H and O–H groups in total. The Labute approximate surface area is 168 Å². The molecule has 11 heteroatoms. The summed E-state index contributed by atoms with van der Waals surface area (Å²) >= 11 is 0. The summed E-state index contributed by atoms with van der Waals surface area (Å²) in [6, 6.07) is 14.4. The molecule has 0 bridgehead atoms. The predicted octanol–water partition coefficient (Wildman–Crippen LogP) is 2.51. The molecule has 2 aromatic rings. The van der Waals surface area contributed by atoms with E-state index in [-0.39, 0.29) is 21.9 Å². The molecular formula is C18H18N2O7S2. The van der Waals surface area contributed by atoms with Gasteiger partial charge in [0.1, 0.15) is 15.5 Å². The van der Waals surface area contributed by atoms with Gasteiger partial charge in [0.25, 0.3) is 0 Å². The molecule has 0 saturated heterocycles. The Balaban J connectivity index is 2.28. The number of hydrogen-bond acceptors (Lipinski definition) is 9. The molecule has 0 heterocycles. The number of oxime groups is 2. The van der Waals surface area contributed by atoms with Gasteiger partial charge in [-0.1, -0.05) is 53.6 Å². The lowest BCUT2D eigenvalue weighted by Crippen LogP contribution is -2.23. The van der Waals surface area contributed by atoms with Crippen LogP contribution in [0.3, 0.4) is 0 Å². The van der Waals surface area contributed by atoms with Crippen molar-refractivity contribution in [3.05, 3.63) is 60.7 Å². The Morgan fingerprint density at radius 3 is 1.62 bits per heavy atom. The van der Waals surface area contributed by atoms with Crippen LogP contribution in [0, 0.1) is 0 Å². The Hall–Kier alpha value is -3.05. The summed E-state index contributed by atoms with van der Waals surface area (Å²) in [6.07, 6.45) is -0.0497. The van der Waals surface area contributed by atoms with Crippen LogP contribution in [0.15, 0.2) is 80.8 Å². The molecule has 2 rings (SSSR count). The van der Waals surface area contributed by atoms with Crippen molar-refractivity contribution in [2.45, 2.75) is 30.1 Å². The second-order valence-corrected chi connectivity index (χ2v) is 8.63. The third kappa shape index (κ3) is 5.96. The molecule has 0 spiro atoms. The second-order valence-electron chi connectivity index (χ2n) is 5.58. The number of ketones is 1. The highest BCUT2D eigenvalue weighted by Gasteiger charge is 2.21. The van der Waals surface area contributed by atoms with Crippen LogP contribution in [0.4, 0.5) is 0 Å². The maximum absolute atomic E-state index is 12.2. The quantitative estimate of drug-likeness (QED) is 0.434. The molecule has 0 aliphatic rings. The molecule has 0 saturated carbocycles. The van der Waals surface area contributed by atoms with Crippen molar-refractivity contribution < 1.29 is 30.2 Å². The molecule has 0 radical (unpaired) electrons. The predicted molar refractivity (Wildman–Crippen MR) is 105 cm³/mol. The number of rotatable bonds is 9. The van der Waals surface area contributed by atoms with E-state index in [1.165, 1.54) is 62.4 Å². The van der Waals surface area contributed by atoms with Crippen LogP contribution in [-0.2, 0) is 33.6 Å². The standard InChI is InChI=1S/C18H18N2O7S2/c1-3-17(21)18(20-27-29(24,25)16-12-8-5-9-13-16)14(2)19-26-28(22,23)15-10-6-4-7-11-15/h4-13H,3H2,1-2H3/b19-14+,20-18-. The van der Waals surface area contributed by atoms with Crippen LogP contribution < -0.4 is 0 Å². The molecule has 0 aliphatic heterocycles. The highest BCUT2D eigenvalue weighted by Crippen LogP contribution is 2.13. The van der Waals surface area contributed by atoms with Gasteiger partial charge in [0.15, 0.2) is 11.5 Å². The van der Waals surface area contributed by atoms with E-state index < -0.39 is 31.7 Å². The first kappa shape index (κ1) is 22.2. The molecule has 0 unspecified atom stereocenters. The second kappa shape index (κ2) is 9.43. The SMILES string of the molecule is CCC(=O)C(=N\OS(=O)(=O)c1ccccc1)/C(C)=N/OS(=O)(=O)c1ccccc1. The maximum Gasteiger partial charge on any atom is 0.358 e. The fourth-order valence-corrected chi connectivity index (χ4v) is 3.52. The summed E-state index contributed by atoms with van der Waals surface area (Å²) < 4.78 is 57.8. The van der Waals surface area contributed by atoms with Gasteiger partial charge in [-0.2, -0.15) is 16.8 Å². The monoisotopic (exact) mass is 438 g/mol. The van der Waals surface area contributed by atoms with Crippen LogP contribution in [0.1, 0.15) is 20.3 Å². The third-order valence-electron chi connectivity index (χ3n) is 3.49. The number of carbonyl (C=O) groups excluding carboxylic acids is 1.